The average Bonchev–Trinajstić information content (AvgIpc) is 3.15. The molecular weight excluding hydrogens is 367 g/mol. The van der Waals surface area contributed by atoms with E-state index in [-0.39, 0.29) is 16.6 Å². The van der Waals surface area contributed by atoms with Gasteiger partial charge in [-0.3, -0.25) is 4.79 Å². The molecule has 1 saturated carbocycles. The van der Waals surface area contributed by atoms with Gasteiger partial charge in [0.05, 0.1) is 10.3 Å². The van der Waals surface area contributed by atoms with Gasteiger partial charge in [-0.2, -0.15) is 0 Å². The number of carbonyl (C=O) groups is 1. The number of carbonyl (C=O) groups excluding carboxylic acids is 1. The highest BCUT2D eigenvalue weighted by molar-refractivity contribution is 7.89. The van der Waals surface area contributed by atoms with Gasteiger partial charge in [0.1, 0.15) is 5.82 Å². The molecular formula is C20H23FN2O3S. The lowest BCUT2D eigenvalue weighted by Gasteiger charge is -2.28. The maximum absolute atomic E-state index is 13.3. The molecule has 0 unspecified atom stereocenters. The number of hydrogen-bond donors (Lipinski definition) is 2. The topological polar surface area (TPSA) is 75.3 Å². The van der Waals surface area contributed by atoms with Gasteiger partial charge in [0.2, 0.25) is 15.9 Å². The van der Waals surface area contributed by atoms with Crippen LogP contribution in [0, 0.1) is 12.7 Å². The second kappa shape index (κ2) is 7.40. The number of halogens is 1. The number of amides is 1. The van der Waals surface area contributed by atoms with E-state index < -0.39 is 15.4 Å². The Morgan fingerprint density at radius 1 is 1.07 bits per heavy atom. The summed E-state index contributed by atoms with van der Waals surface area (Å²) >= 11 is 0. The Labute approximate surface area is 159 Å². The van der Waals surface area contributed by atoms with E-state index in [4.69, 9.17) is 0 Å². The zero-order valence-electron chi connectivity index (χ0n) is 15.4. The van der Waals surface area contributed by atoms with E-state index >= 15 is 0 Å². The lowest BCUT2D eigenvalue weighted by molar-refractivity contribution is -0.121. The molecule has 0 heterocycles. The molecule has 2 aromatic rings. The van der Waals surface area contributed by atoms with Crippen LogP contribution in [0.3, 0.4) is 0 Å². The van der Waals surface area contributed by atoms with E-state index in [1.165, 1.54) is 25.2 Å². The molecule has 0 radical (unpaired) electrons. The van der Waals surface area contributed by atoms with Crippen LogP contribution in [-0.4, -0.2) is 21.4 Å². The van der Waals surface area contributed by atoms with Crippen LogP contribution >= 0.6 is 0 Å². The maximum atomic E-state index is 13.3. The fourth-order valence-corrected chi connectivity index (χ4v) is 4.72. The molecule has 0 bridgehead atoms. The summed E-state index contributed by atoms with van der Waals surface area (Å²) in [6.07, 6.45) is 3.19. The highest BCUT2D eigenvalue weighted by Crippen LogP contribution is 2.42. The SMILES string of the molecule is CNS(=O)(=O)c1cc(NC(=O)C2(c3ccc(F)cc3)CCCC2)ccc1C. The summed E-state index contributed by atoms with van der Waals surface area (Å²) in [4.78, 5) is 13.3. The van der Waals surface area contributed by atoms with E-state index in [0.717, 1.165) is 18.4 Å². The number of sulfonamides is 1. The predicted octanol–water partition coefficient (Wildman–Crippen LogP) is 3.49. The van der Waals surface area contributed by atoms with Gasteiger partial charge in [0, 0.05) is 5.69 Å². The van der Waals surface area contributed by atoms with Crippen LogP contribution in [0.2, 0.25) is 0 Å². The van der Waals surface area contributed by atoms with E-state index in [2.05, 4.69) is 10.0 Å². The van der Waals surface area contributed by atoms with Crippen molar-refractivity contribution in [3.05, 3.63) is 59.4 Å². The summed E-state index contributed by atoms with van der Waals surface area (Å²) in [5.41, 5.74) is 1.08. The van der Waals surface area contributed by atoms with Crippen molar-refractivity contribution in [2.45, 2.75) is 42.9 Å². The van der Waals surface area contributed by atoms with Crippen molar-refractivity contribution < 1.29 is 17.6 Å². The van der Waals surface area contributed by atoms with Gasteiger partial charge in [-0.05, 0) is 62.2 Å². The monoisotopic (exact) mass is 390 g/mol. The third-order valence-corrected chi connectivity index (χ3v) is 6.85. The average molecular weight is 390 g/mol. The van der Waals surface area contributed by atoms with E-state index in [0.29, 0.717) is 24.1 Å². The van der Waals surface area contributed by atoms with Gasteiger partial charge in [0.25, 0.3) is 0 Å². The number of hydrogen-bond acceptors (Lipinski definition) is 3. The van der Waals surface area contributed by atoms with Crippen LogP contribution < -0.4 is 10.0 Å². The fraction of sp³-hybridized carbons (Fsp3) is 0.350. The Balaban J connectivity index is 1.94. The van der Waals surface area contributed by atoms with Crippen LogP contribution in [0.4, 0.5) is 10.1 Å². The number of anilines is 1. The molecule has 1 aliphatic rings. The lowest BCUT2D eigenvalue weighted by atomic mass is 9.78. The minimum absolute atomic E-state index is 0.130. The molecule has 0 atom stereocenters. The van der Waals surface area contributed by atoms with E-state index in [9.17, 15) is 17.6 Å². The summed E-state index contributed by atoms with van der Waals surface area (Å²) in [6.45, 7) is 1.70. The largest absolute Gasteiger partial charge is 0.325 e. The molecule has 0 aromatic heterocycles. The van der Waals surface area contributed by atoms with Crippen molar-refractivity contribution in [3.63, 3.8) is 0 Å². The first-order valence-electron chi connectivity index (χ1n) is 8.90. The molecule has 5 nitrogen and oxygen atoms in total. The zero-order valence-corrected chi connectivity index (χ0v) is 16.2. The summed E-state index contributed by atoms with van der Waals surface area (Å²) in [7, 11) is -2.27. The van der Waals surface area contributed by atoms with Gasteiger partial charge in [-0.15, -0.1) is 0 Å². The third-order valence-electron chi connectivity index (χ3n) is 5.29. The summed E-state index contributed by atoms with van der Waals surface area (Å²) in [6, 6.07) is 10.9. The molecule has 0 aliphatic heterocycles. The van der Waals surface area contributed by atoms with E-state index in [1.807, 2.05) is 0 Å². The Morgan fingerprint density at radius 2 is 1.70 bits per heavy atom. The summed E-state index contributed by atoms with van der Waals surface area (Å²) < 4.78 is 40.0. The molecule has 3 rings (SSSR count). The van der Waals surface area contributed by atoms with Crippen molar-refractivity contribution in [3.8, 4) is 0 Å². The third kappa shape index (κ3) is 3.75. The smallest absolute Gasteiger partial charge is 0.240 e. The van der Waals surface area contributed by atoms with Crippen LogP contribution in [-0.2, 0) is 20.2 Å². The minimum atomic E-state index is -3.62. The molecule has 2 aromatic carbocycles. The van der Waals surface area contributed by atoms with Crippen molar-refractivity contribution in [1.82, 2.24) is 4.72 Å². The van der Waals surface area contributed by atoms with Crippen LogP contribution in [0.5, 0.6) is 0 Å². The van der Waals surface area contributed by atoms with Gasteiger partial charge >= 0.3 is 0 Å². The molecule has 27 heavy (non-hydrogen) atoms. The first kappa shape index (κ1) is 19.5. The second-order valence-corrected chi connectivity index (χ2v) is 8.79. The predicted molar refractivity (Wildman–Crippen MR) is 103 cm³/mol. The summed E-state index contributed by atoms with van der Waals surface area (Å²) in [5.74, 6) is -0.531. The molecule has 2 N–H and O–H groups in total. The highest BCUT2D eigenvalue weighted by Gasteiger charge is 2.42. The first-order valence-corrected chi connectivity index (χ1v) is 10.4. The first-order chi connectivity index (χ1) is 12.8. The Bertz CT molecular complexity index is 950. The quantitative estimate of drug-likeness (QED) is 0.821. The van der Waals surface area contributed by atoms with Crippen LogP contribution in [0.25, 0.3) is 0 Å². The van der Waals surface area contributed by atoms with Crippen molar-refractivity contribution in [2.24, 2.45) is 0 Å². The molecule has 1 aliphatic carbocycles. The maximum Gasteiger partial charge on any atom is 0.240 e. The highest BCUT2D eigenvalue weighted by atomic mass is 32.2. The molecule has 1 fully saturated rings. The van der Waals surface area contributed by atoms with Crippen LogP contribution in [0.1, 0.15) is 36.8 Å². The number of benzene rings is 2. The molecule has 0 spiro atoms. The van der Waals surface area contributed by atoms with E-state index in [1.54, 1.807) is 31.2 Å². The molecule has 7 heteroatoms. The van der Waals surface area contributed by atoms with Crippen molar-refractivity contribution in [2.75, 3.05) is 12.4 Å². The van der Waals surface area contributed by atoms with Gasteiger partial charge in [-0.1, -0.05) is 31.0 Å². The fourth-order valence-electron chi connectivity index (χ4n) is 3.72. The minimum Gasteiger partial charge on any atom is -0.325 e. The Kier molecular flexibility index (Phi) is 5.35. The Morgan fingerprint density at radius 3 is 2.30 bits per heavy atom. The normalized spacial score (nSPS) is 16.3. The zero-order chi connectivity index (χ0) is 19.7. The van der Waals surface area contributed by atoms with Gasteiger partial charge in [0.15, 0.2) is 0 Å². The summed E-state index contributed by atoms with van der Waals surface area (Å²) in [5, 5.41) is 2.88. The number of nitrogens with one attached hydrogen (secondary N) is 2. The second-order valence-electron chi connectivity index (χ2n) is 6.94. The van der Waals surface area contributed by atoms with Crippen LogP contribution in [0.15, 0.2) is 47.4 Å². The molecule has 144 valence electrons. The van der Waals surface area contributed by atoms with Crippen molar-refractivity contribution >= 4 is 21.6 Å². The standard InChI is InChI=1S/C20H23FN2O3S/c1-14-5-10-17(13-18(14)27(25,26)22-2)23-19(24)20(11-3-4-12-20)15-6-8-16(21)9-7-15/h5-10,13,22H,3-4,11-12H2,1-2H3,(H,23,24). The molecule has 1 amide bonds. The number of rotatable bonds is 5. The van der Waals surface area contributed by atoms with Gasteiger partial charge in [-0.25, -0.2) is 17.5 Å². The Hall–Kier alpha value is -2.25. The number of aryl methyl sites for hydroxylation is 1. The lowest BCUT2D eigenvalue weighted by Crippen LogP contribution is -2.38. The molecule has 0 saturated heterocycles. The van der Waals surface area contributed by atoms with Gasteiger partial charge < -0.3 is 5.32 Å². The van der Waals surface area contributed by atoms with Crippen molar-refractivity contribution in [1.29, 1.82) is 0 Å².